The zero-order valence-electron chi connectivity index (χ0n) is 19.5. The molecule has 0 radical (unpaired) electrons. The van der Waals surface area contributed by atoms with Crippen molar-refractivity contribution in [3.63, 3.8) is 0 Å². The normalized spacial score (nSPS) is 17.9. The second-order valence-electron chi connectivity index (χ2n) is 8.33. The number of likely N-dealkylation sites (N-methyl/N-ethyl adjacent to an activating group) is 1. The number of rotatable bonds is 11. The molecule has 0 aliphatic carbocycles. The van der Waals surface area contributed by atoms with Crippen molar-refractivity contribution in [1.29, 1.82) is 0 Å². The van der Waals surface area contributed by atoms with Gasteiger partial charge in [-0.3, -0.25) is 0 Å². The fourth-order valence-electron chi connectivity index (χ4n) is 4.32. The van der Waals surface area contributed by atoms with Crippen LogP contribution in [0.5, 0.6) is 5.75 Å². The lowest BCUT2D eigenvalue weighted by atomic mass is 9.87. The highest BCUT2D eigenvalue weighted by atomic mass is 16.5. The number of likely N-dealkylation sites (tertiary alicyclic amines) is 1. The summed E-state index contributed by atoms with van der Waals surface area (Å²) in [6, 6.07) is 18.9. The molecule has 3 rings (SSSR count). The summed E-state index contributed by atoms with van der Waals surface area (Å²) in [4.78, 5) is 2.36. The van der Waals surface area contributed by atoms with Crippen LogP contribution in [0.15, 0.2) is 91.2 Å². The lowest BCUT2D eigenvalue weighted by Gasteiger charge is -2.20. The lowest BCUT2D eigenvalue weighted by Crippen LogP contribution is -2.30. The summed E-state index contributed by atoms with van der Waals surface area (Å²) < 4.78 is 6.09. The van der Waals surface area contributed by atoms with E-state index in [2.05, 4.69) is 42.8 Å². The summed E-state index contributed by atoms with van der Waals surface area (Å²) in [5, 5.41) is 18.8. The zero-order chi connectivity index (χ0) is 23.5. The minimum absolute atomic E-state index is 0.121. The van der Waals surface area contributed by atoms with Crippen molar-refractivity contribution in [3.8, 4) is 5.75 Å². The van der Waals surface area contributed by atoms with Crippen LogP contribution in [-0.4, -0.2) is 48.0 Å². The third-order valence-corrected chi connectivity index (χ3v) is 6.14. The second kappa shape index (κ2) is 12.8. The van der Waals surface area contributed by atoms with Crippen LogP contribution in [-0.2, 0) is 0 Å². The maximum Gasteiger partial charge on any atom is 0.119 e. The smallest absolute Gasteiger partial charge is 0.119 e. The first-order valence-corrected chi connectivity index (χ1v) is 11.6. The molecule has 2 aromatic carbocycles. The van der Waals surface area contributed by atoms with Crippen LogP contribution in [0.2, 0.25) is 0 Å². The van der Waals surface area contributed by atoms with Crippen LogP contribution in [0.1, 0.15) is 36.8 Å². The van der Waals surface area contributed by atoms with Crippen molar-refractivity contribution < 1.29 is 14.9 Å². The molecule has 1 aliphatic rings. The summed E-state index contributed by atoms with van der Waals surface area (Å²) in [6.07, 6.45) is 10.1. The van der Waals surface area contributed by atoms with E-state index in [1.54, 1.807) is 12.2 Å². The number of aliphatic hydroxyl groups is 2. The van der Waals surface area contributed by atoms with Crippen molar-refractivity contribution in [3.05, 3.63) is 102 Å². The fraction of sp³-hybridized carbons (Fsp3) is 0.310. The van der Waals surface area contributed by atoms with E-state index in [4.69, 9.17) is 4.74 Å². The first-order chi connectivity index (χ1) is 16.2. The third kappa shape index (κ3) is 6.70. The average molecular weight is 446 g/mol. The van der Waals surface area contributed by atoms with Crippen LogP contribution in [0, 0.1) is 0 Å². The van der Waals surface area contributed by atoms with Gasteiger partial charge in [-0.2, -0.15) is 0 Å². The lowest BCUT2D eigenvalue weighted by molar-refractivity contribution is 0.198. The molecule has 1 fully saturated rings. The highest BCUT2D eigenvalue weighted by Crippen LogP contribution is 2.36. The van der Waals surface area contributed by atoms with Gasteiger partial charge in [0.1, 0.15) is 12.4 Å². The molecule has 4 nitrogen and oxygen atoms in total. The van der Waals surface area contributed by atoms with E-state index in [9.17, 15) is 10.2 Å². The molecular weight excluding hydrogens is 410 g/mol. The average Bonchev–Trinajstić information content (AvgIpc) is 3.27. The first kappa shape index (κ1) is 24.6. The molecule has 0 saturated carbocycles. The van der Waals surface area contributed by atoms with Crippen molar-refractivity contribution in [2.75, 3.05) is 26.8 Å². The van der Waals surface area contributed by atoms with Gasteiger partial charge in [-0.15, -0.1) is 0 Å². The molecule has 2 aromatic rings. The molecule has 0 unspecified atom stereocenters. The number of nitrogens with zero attached hydrogens (tertiary/aromatic N) is 1. The van der Waals surface area contributed by atoms with Gasteiger partial charge in [0.15, 0.2) is 0 Å². The molecule has 33 heavy (non-hydrogen) atoms. The Hall–Kier alpha value is -3.08. The topological polar surface area (TPSA) is 52.9 Å². The van der Waals surface area contributed by atoms with Crippen LogP contribution in [0.3, 0.4) is 0 Å². The molecule has 1 aliphatic heterocycles. The van der Waals surface area contributed by atoms with E-state index < -0.39 is 0 Å². The van der Waals surface area contributed by atoms with Gasteiger partial charge >= 0.3 is 0 Å². The molecule has 1 saturated heterocycles. The van der Waals surface area contributed by atoms with Crippen LogP contribution < -0.4 is 4.74 Å². The van der Waals surface area contributed by atoms with E-state index in [0.29, 0.717) is 19.1 Å². The fourth-order valence-corrected chi connectivity index (χ4v) is 4.32. The van der Waals surface area contributed by atoms with Gasteiger partial charge in [0.05, 0.1) is 6.26 Å². The molecule has 0 amide bonds. The van der Waals surface area contributed by atoms with Crippen molar-refractivity contribution >= 4 is 11.1 Å². The van der Waals surface area contributed by atoms with E-state index in [1.807, 2.05) is 36.4 Å². The Balaban J connectivity index is 1.99. The number of benzene rings is 2. The predicted octanol–water partition coefficient (Wildman–Crippen LogP) is 6.03. The van der Waals surface area contributed by atoms with Gasteiger partial charge < -0.3 is 19.8 Å². The Morgan fingerprint density at radius 2 is 1.88 bits per heavy atom. The van der Waals surface area contributed by atoms with Crippen molar-refractivity contribution in [1.82, 2.24) is 4.90 Å². The monoisotopic (exact) mass is 445 g/mol. The maximum absolute atomic E-state index is 9.53. The Morgan fingerprint density at radius 1 is 1.12 bits per heavy atom. The molecular formula is C29H35NO3. The third-order valence-electron chi connectivity index (χ3n) is 6.14. The van der Waals surface area contributed by atoms with Crippen LogP contribution in [0.4, 0.5) is 0 Å². The highest BCUT2D eigenvalue weighted by Gasteiger charge is 2.21. The Labute approximate surface area is 197 Å². The van der Waals surface area contributed by atoms with Gasteiger partial charge in [-0.1, -0.05) is 61.2 Å². The number of aliphatic hydroxyl groups excluding tert-OH is 2. The first-order valence-electron chi connectivity index (χ1n) is 11.6. The number of ether oxygens (including phenoxy) is 1. The second-order valence-corrected chi connectivity index (χ2v) is 8.33. The molecule has 4 heteroatoms. The van der Waals surface area contributed by atoms with Gasteiger partial charge in [0.2, 0.25) is 0 Å². The summed E-state index contributed by atoms with van der Waals surface area (Å²) >= 11 is 0. The van der Waals surface area contributed by atoms with Gasteiger partial charge in [-0.25, -0.2) is 0 Å². The predicted molar refractivity (Wildman–Crippen MR) is 137 cm³/mol. The zero-order valence-corrected chi connectivity index (χ0v) is 19.5. The van der Waals surface area contributed by atoms with Crippen molar-refractivity contribution in [2.24, 2.45) is 0 Å². The molecule has 2 N–H and O–H groups in total. The Morgan fingerprint density at radius 3 is 2.48 bits per heavy atom. The molecule has 0 bridgehead atoms. The minimum atomic E-state index is 0.121. The minimum Gasteiger partial charge on any atom is -0.516 e. The van der Waals surface area contributed by atoms with Gasteiger partial charge in [0.25, 0.3) is 0 Å². The standard InChI is InChI=1S/C29H35NO3/c1-3-23(12-8-20-31)29(28(14-9-21-32)24-10-5-4-6-11-24)25-15-17-27(18-16-25)33-22-26-13-7-19-30(26)2/h3-6,8,10-12,15-18,20,26,31-32H,1,7,9,13-14,19,21-22H2,2H3/b20-8+,23-12+,29-28-/t26-/m1/s1. The van der Waals surface area contributed by atoms with E-state index in [1.165, 1.54) is 12.8 Å². The largest absolute Gasteiger partial charge is 0.516 e. The number of hydrogen-bond acceptors (Lipinski definition) is 4. The van der Waals surface area contributed by atoms with E-state index in [0.717, 1.165) is 52.8 Å². The molecule has 0 aromatic heterocycles. The highest BCUT2D eigenvalue weighted by molar-refractivity contribution is 5.99. The maximum atomic E-state index is 9.53. The summed E-state index contributed by atoms with van der Waals surface area (Å²) in [7, 11) is 2.16. The molecule has 1 heterocycles. The number of allylic oxidation sites excluding steroid dienone is 6. The Bertz CT molecular complexity index is 974. The number of hydrogen-bond donors (Lipinski definition) is 2. The van der Waals surface area contributed by atoms with Gasteiger partial charge in [0, 0.05) is 12.6 Å². The SMILES string of the molecule is C=CC(=C\C=C\O)/C(=C(\CCCO)c1ccccc1)c1ccc(OC[C@H]2CCCN2C)cc1. The quantitative estimate of drug-likeness (QED) is 0.252. The Kier molecular flexibility index (Phi) is 9.55. The summed E-state index contributed by atoms with van der Waals surface area (Å²) in [6.45, 7) is 5.97. The van der Waals surface area contributed by atoms with E-state index in [-0.39, 0.29) is 6.61 Å². The molecule has 1 atom stereocenters. The van der Waals surface area contributed by atoms with Gasteiger partial charge in [-0.05, 0) is 85.3 Å². The van der Waals surface area contributed by atoms with Crippen LogP contribution in [0.25, 0.3) is 11.1 Å². The molecule has 174 valence electrons. The summed E-state index contributed by atoms with van der Waals surface area (Å²) in [5.74, 6) is 0.856. The summed E-state index contributed by atoms with van der Waals surface area (Å²) in [5.41, 5.74) is 5.20. The van der Waals surface area contributed by atoms with Crippen LogP contribution >= 0.6 is 0 Å². The van der Waals surface area contributed by atoms with Crippen molar-refractivity contribution in [2.45, 2.75) is 31.7 Å². The van der Waals surface area contributed by atoms with E-state index >= 15 is 0 Å². The molecule has 0 spiro atoms.